The molecule has 0 amide bonds. The van der Waals surface area contributed by atoms with E-state index in [0.29, 0.717) is 12.1 Å². The van der Waals surface area contributed by atoms with Gasteiger partial charge >= 0.3 is 0 Å². The van der Waals surface area contributed by atoms with Crippen molar-refractivity contribution in [2.45, 2.75) is 6.42 Å². The smallest absolute Gasteiger partial charge is 0.235 e. The van der Waals surface area contributed by atoms with Gasteiger partial charge in [0.2, 0.25) is 10.0 Å². The molecule has 0 atom stereocenters. The molecule has 0 aromatic heterocycles. The molecule has 1 aliphatic rings. The van der Waals surface area contributed by atoms with E-state index in [0.717, 1.165) is 11.3 Å². The van der Waals surface area contributed by atoms with Crippen LogP contribution in [-0.4, -0.2) is 39.5 Å². The van der Waals surface area contributed by atoms with Crippen molar-refractivity contribution in [2.24, 2.45) is 0 Å². The maximum Gasteiger partial charge on any atom is 0.235 e. The molecule has 17 heavy (non-hydrogen) atoms. The Bertz CT molecular complexity index is 513. The van der Waals surface area contributed by atoms with E-state index in [1.807, 2.05) is 19.2 Å². The number of nitrogens with zero attached hydrogens (tertiary/aromatic N) is 1. The highest BCUT2D eigenvalue weighted by Crippen LogP contribution is 2.33. The Morgan fingerprint density at radius 2 is 2.24 bits per heavy atom. The summed E-state index contributed by atoms with van der Waals surface area (Å²) >= 11 is 0. The largest absolute Gasteiger partial charge is 0.394 e. The molecule has 1 aromatic carbocycles. The summed E-state index contributed by atoms with van der Waals surface area (Å²) < 4.78 is 25.2. The molecule has 2 rings (SSSR count). The zero-order valence-corrected chi connectivity index (χ0v) is 10.5. The van der Waals surface area contributed by atoms with Crippen LogP contribution in [0.2, 0.25) is 0 Å². The highest BCUT2D eigenvalue weighted by molar-refractivity contribution is 7.92. The molecule has 5 nitrogen and oxygen atoms in total. The lowest BCUT2D eigenvalue weighted by atomic mass is 10.1. The molecule has 1 heterocycles. The predicted molar refractivity (Wildman–Crippen MR) is 67.9 cm³/mol. The first-order valence-electron chi connectivity index (χ1n) is 5.51. The minimum absolute atomic E-state index is 0.0959. The third kappa shape index (κ3) is 2.10. The number of rotatable bonds is 3. The van der Waals surface area contributed by atoms with Crippen molar-refractivity contribution >= 4 is 21.4 Å². The van der Waals surface area contributed by atoms with Crippen LogP contribution in [0.1, 0.15) is 5.56 Å². The van der Waals surface area contributed by atoms with Gasteiger partial charge < -0.3 is 10.4 Å². The van der Waals surface area contributed by atoms with Crippen molar-refractivity contribution < 1.29 is 13.5 Å². The van der Waals surface area contributed by atoms with Crippen LogP contribution in [0.4, 0.5) is 11.4 Å². The first-order chi connectivity index (χ1) is 8.10. The summed E-state index contributed by atoms with van der Waals surface area (Å²) in [7, 11) is -1.46. The lowest BCUT2D eigenvalue weighted by Gasteiger charge is -2.31. The van der Waals surface area contributed by atoms with Crippen molar-refractivity contribution in [3.63, 3.8) is 0 Å². The second kappa shape index (κ2) is 4.54. The molecular formula is C11H16N2O3S. The number of aliphatic hydroxyl groups excluding tert-OH is 1. The van der Waals surface area contributed by atoms with E-state index in [-0.39, 0.29) is 18.9 Å². The Labute approximate surface area is 101 Å². The number of benzene rings is 1. The van der Waals surface area contributed by atoms with Crippen LogP contribution < -0.4 is 9.62 Å². The van der Waals surface area contributed by atoms with Crippen molar-refractivity contribution in [2.75, 3.05) is 35.6 Å². The van der Waals surface area contributed by atoms with E-state index < -0.39 is 10.0 Å². The summed E-state index contributed by atoms with van der Waals surface area (Å²) in [4.78, 5) is 0. The van der Waals surface area contributed by atoms with Gasteiger partial charge in [0.05, 0.1) is 24.6 Å². The van der Waals surface area contributed by atoms with E-state index in [4.69, 9.17) is 5.11 Å². The van der Waals surface area contributed by atoms with Gasteiger partial charge in [0.1, 0.15) is 0 Å². The average Bonchev–Trinajstić information content (AvgIpc) is 2.32. The van der Waals surface area contributed by atoms with E-state index in [2.05, 4.69) is 5.32 Å². The van der Waals surface area contributed by atoms with Gasteiger partial charge in [-0.05, 0) is 18.6 Å². The number of hydrogen-bond acceptors (Lipinski definition) is 4. The summed E-state index contributed by atoms with van der Waals surface area (Å²) in [6, 6.07) is 5.52. The summed E-state index contributed by atoms with van der Waals surface area (Å²) in [5.74, 6) is 0.0959. The molecule has 1 aliphatic heterocycles. The lowest BCUT2D eigenvalue weighted by molar-refractivity contribution is 0.306. The minimum Gasteiger partial charge on any atom is -0.394 e. The van der Waals surface area contributed by atoms with Crippen molar-refractivity contribution in [3.05, 3.63) is 23.8 Å². The molecule has 0 radical (unpaired) electrons. The zero-order chi connectivity index (χ0) is 12.5. The molecule has 94 valence electrons. The van der Waals surface area contributed by atoms with Crippen LogP contribution in [0.15, 0.2) is 18.2 Å². The predicted octanol–water partition coefficient (Wildman–Crippen LogP) is 0.413. The van der Waals surface area contributed by atoms with Gasteiger partial charge in [0, 0.05) is 18.3 Å². The topological polar surface area (TPSA) is 69.6 Å². The van der Waals surface area contributed by atoms with Crippen molar-refractivity contribution in [1.29, 1.82) is 0 Å². The monoisotopic (exact) mass is 256 g/mol. The SMILES string of the molecule is CNc1cccc2c1CCS(=O)(=O)N2CCO. The quantitative estimate of drug-likeness (QED) is 0.822. The first kappa shape index (κ1) is 12.2. The first-order valence-corrected chi connectivity index (χ1v) is 7.12. The molecular weight excluding hydrogens is 240 g/mol. The second-order valence-corrected chi connectivity index (χ2v) is 5.93. The molecule has 0 bridgehead atoms. The number of sulfonamides is 1. The number of nitrogens with one attached hydrogen (secondary N) is 1. The van der Waals surface area contributed by atoms with Crippen LogP contribution in [-0.2, 0) is 16.4 Å². The summed E-state index contributed by atoms with van der Waals surface area (Å²) in [5, 5.41) is 12.0. The van der Waals surface area contributed by atoms with Crippen LogP contribution >= 0.6 is 0 Å². The van der Waals surface area contributed by atoms with Gasteiger partial charge in [-0.2, -0.15) is 0 Å². The Morgan fingerprint density at radius 1 is 1.47 bits per heavy atom. The maximum atomic E-state index is 11.9. The molecule has 0 saturated heterocycles. The lowest BCUT2D eigenvalue weighted by Crippen LogP contribution is -2.39. The number of hydrogen-bond donors (Lipinski definition) is 2. The van der Waals surface area contributed by atoms with Crippen molar-refractivity contribution in [3.8, 4) is 0 Å². The molecule has 0 unspecified atom stereocenters. The maximum absolute atomic E-state index is 11.9. The summed E-state index contributed by atoms with van der Waals surface area (Å²) in [6.07, 6.45) is 0.511. The second-order valence-electron chi connectivity index (χ2n) is 3.92. The van der Waals surface area contributed by atoms with Crippen LogP contribution in [0.3, 0.4) is 0 Å². The number of fused-ring (bicyclic) bond motifs is 1. The third-order valence-electron chi connectivity index (χ3n) is 2.94. The Kier molecular flexibility index (Phi) is 3.26. The van der Waals surface area contributed by atoms with E-state index in [1.54, 1.807) is 6.07 Å². The molecule has 2 N–H and O–H groups in total. The van der Waals surface area contributed by atoms with Gasteiger partial charge in [-0.3, -0.25) is 4.31 Å². The Morgan fingerprint density at radius 3 is 2.88 bits per heavy atom. The molecule has 1 aromatic rings. The average molecular weight is 256 g/mol. The van der Waals surface area contributed by atoms with Crippen LogP contribution in [0, 0.1) is 0 Å². The normalized spacial score (nSPS) is 17.6. The third-order valence-corrected chi connectivity index (χ3v) is 4.71. The highest BCUT2D eigenvalue weighted by Gasteiger charge is 2.30. The highest BCUT2D eigenvalue weighted by atomic mass is 32.2. The van der Waals surface area contributed by atoms with E-state index in [1.165, 1.54) is 4.31 Å². The number of β-amino-alcohol motifs (C(OH)–C–C–N with tert-alkyl or cyclic N) is 1. The van der Waals surface area contributed by atoms with E-state index >= 15 is 0 Å². The van der Waals surface area contributed by atoms with Gasteiger partial charge in [-0.15, -0.1) is 0 Å². The Balaban J connectivity index is 2.54. The fourth-order valence-corrected chi connectivity index (χ4v) is 3.66. The van der Waals surface area contributed by atoms with Gasteiger partial charge in [-0.1, -0.05) is 6.07 Å². The minimum atomic E-state index is -3.28. The van der Waals surface area contributed by atoms with Crippen molar-refractivity contribution in [1.82, 2.24) is 0 Å². The summed E-state index contributed by atoms with van der Waals surface area (Å²) in [6.45, 7) is -0.0645. The fourth-order valence-electron chi connectivity index (χ4n) is 2.15. The number of anilines is 2. The molecule has 0 fully saturated rings. The Hall–Kier alpha value is -1.27. The number of aliphatic hydroxyl groups is 1. The molecule has 6 heteroatoms. The van der Waals surface area contributed by atoms with E-state index in [9.17, 15) is 8.42 Å². The van der Waals surface area contributed by atoms with Gasteiger partial charge in [0.25, 0.3) is 0 Å². The van der Waals surface area contributed by atoms with Crippen LogP contribution in [0.25, 0.3) is 0 Å². The van der Waals surface area contributed by atoms with Gasteiger partial charge in [0.15, 0.2) is 0 Å². The van der Waals surface area contributed by atoms with Crippen LogP contribution in [0.5, 0.6) is 0 Å². The summed E-state index contributed by atoms with van der Waals surface area (Å²) in [5.41, 5.74) is 2.62. The zero-order valence-electron chi connectivity index (χ0n) is 9.68. The van der Waals surface area contributed by atoms with Gasteiger partial charge in [-0.25, -0.2) is 8.42 Å². The molecule has 0 spiro atoms. The fraction of sp³-hybridized carbons (Fsp3) is 0.455. The molecule has 0 aliphatic carbocycles. The molecule has 0 saturated carbocycles. The standard InChI is InChI=1S/C11H16N2O3S/c1-12-10-3-2-4-11-9(10)5-8-17(15,16)13(11)6-7-14/h2-4,12,14H,5-8H2,1H3.